The molecule has 0 fully saturated rings. The predicted molar refractivity (Wildman–Crippen MR) is 73.5 cm³/mol. The molecule has 25 heavy (non-hydrogen) atoms. The molecule has 1 aromatic rings. The molecule has 134 valence electrons. The van der Waals surface area contributed by atoms with E-state index in [9.17, 15) is 31.5 Å². The summed E-state index contributed by atoms with van der Waals surface area (Å²) in [6, 6.07) is 0. The largest absolute Gasteiger partial charge is 0.466 e. The fourth-order valence-electron chi connectivity index (χ4n) is 2.40. The van der Waals surface area contributed by atoms with Gasteiger partial charge in [0.15, 0.2) is 23.3 Å². The normalized spacial score (nSPS) is 16.8. The number of carbonyl (C=O) groups is 2. The summed E-state index contributed by atoms with van der Waals surface area (Å²) in [6.07, 6.45) is 1.97. The van der Waals surface area contributed by atoms with Crippen LogP contribution in [0.4, 0.5) is 22.0 Å². The molecule has 1 aliphatic carbocycles. The molecule has 0 aromatic heterocycles. The van der Waals surface area contributed by atoms with Gasteiger partial charge in [0.1, 0.15) is 5.76 Å². The number of rotatable bonds is 3. The van der Waals surface area contributed by atoms with Crippen LogP contribution in [0, 0.1) is 29.1 Å². The van der Waals surface area contributed by atoms with Crippen molar-refractivity contribution in [3.8, 4) is 0 Å². The molecule has 1 atom stereocenters. The molecule has 0 saturated carbocycles. The van der Waals surface area contributed by atoms with Gasteiger partial charge in [-0.15, -0.1) is 0 Å². The van der Waals surface area contributed by atoms with Crippen molar-refractivity contribution < 1.29 is 41.0 Å². The minimum Gasteiger partial charge on any atom is -0.466 e. The SMILES string of the molecule is COC(=O)C1=CCC(OC(C)=O)=CC1c1c(F)c(F)c(F)c(F)c1F. The third kappa shape index (κ3) is 3.40. The van der Waals surface area contributed by atoms with Crippen molar-refractivity contribution in [2.24, 2.45) is 0 Å². The van der Waals surface area contributed by atoms with Gasteiger partial charge in [0.05, 0.1) is 7.11 Å². The molecule has 0 heterocycles. The van der Waals surface area contributed by atoms with Gasteiger partial charge in [0.25, 0.3) is 0 Å². The number of ether oxygens (including phenoxy) is 2. The second-order valence-electron chi connectivity index (χ2n) is 5.04. The molecule has 0 spiro atoms. The van der Waals surface area contributed by atoms with Crippen LogP contribution in [0.5, 0.6) is 0 Å². The van der Waals surface area contributed by atoms with Crippen molar-refractivity contribution in [1.29, 1.82) is 0 Å². The van der Waals surface area contributed by atoms with Crippen LogP contribution >= 0.6 is 0 Å². The predicted octanol–water partition coefficient (Wildman–Crippen LogP) is 3.42. The van der Waals surface area contributed by atoms with Gasteiger partial charge in [-0.05, 0) is 6.08 Å². The highest BCUT2D eigenvalue weighted by Gasteiger charge is 2.35. The quantitative estimate of drug-likeness (QED) is 0.358. The van der Waals surface area contributed by atoms with Gasteiger partial charge >= 0.3 is 11.9 Å². The van der Waals surface area contributed by atoms with Gasteiger partial charge < -0.3 is 9.47 Å². The Balaban J connectivity index is 2.68. The molecule has 0 aliphatic heterocycles. The van der Waals surface area contributed by atoms with Crippen LogP contribution in [0.3, 0.4) is 0 Å². The Labute approximate surface area is 138 Å². The maximum Gasteiger partial charge on any atom is 0.334 e. The first-order valence-corrected chi connectivity index (χ1v) is 6.87. The summed E-state index contributed by atoms with van der Waals surface area (Å²) >= 11 is 0. The van der Waals surface area contributed by atoms with E-state index in [1.165, 1.54) is 0 Å². The Hall–Kier alpha value is -2.71. The molecule has 9 heteroatoms. The highest BCUT2D eigenvalue weighted by Crippen LogP contribution is 2.38. The second-order valence-corrected chi connectivity index (χ2v) is 5.04. The molecule has 0 saturated heterocycles. The van der Waals surface area contributed by atoms with Crippen LogP contribution in [0.2, 0.25) is 0 Å². The van der Waals surface area contributed by atoms with E-state index in [0.717, 1.165) is 26.2 Å². The van der Waals surface area contributed by atoms with E-state index in [4.69, 9.17) is 4.74 Å². The molecule has 0 amide bonds. The molecule has 4 nitrogen and oxygen atoms in total. The van der Waals surface area contributed by atoms with Crippen molar-refractivity contribution >= 4 is 11.9 Å². The topological polar surface area (TPSA) is 52.6 Å². The van der Waals surface area contributed by atoms with E-state index in [1.807, 2.05) is 0 Å². The Morgan fingerprint density at radius 3 is 2.00 bits per heavy atom. The van der Waals surface area contributed by atoms with Crippen molar-refractivity contribution in [2.45, 2.75) is 19.3 Å². The number of hydrogen-bond acceptors (Lipinski definition) is 4. The van der Waals surface area contributed by atoms with E-state index in [0.29, 0.717) is 0 Å². The first-order chi connectivity index (χ1) is 11.7. The molecular weight excluding hydrogens is 351 g/mol. The maximum atomic E-state index is 14.1. The highest BCUT2D eigenvalue weighted by molar-refractivity contribution is 5.91. The number of halogens is 5. The van der Waals surface area contributed by atoms with Gasteiger partial charge in [-0.1, -0.05) is 6.08 Å². The average Bonchev–Trinajstić information content (AvgIpc) is 2.57. The summed E-state index contributed by atoms with van der Waals surface area (Å²) in [4.78, 5) is 22.8. The number of benzene rings is 1. The molecule has 0 bridgehead atoms. The van der Waals surface area contributed by atoms with E-state index < -0.39 is 52.5 Å². The fraction of sp³-hybridized carbons (Fsp3) is 0.250. The Bertz CT molecular complexity index is 784. The van der Waals surface area contributed by atoms with Crippen molar-refractivity contribution in [1.82, 2.24) is 0 Å². The van der Waals surface area contributed by atoms with Gasteiger partial charge in [-0.2, -0.15) is 0 Å². The number of carbonyl (C=O) groups excluding carboxylic acids is 2. The van der Waals surface area contributed by atoms with E-state index >= 15 is 0 Å². The van der Waals surface area contributed by atoms with Crippen LogP contribution in [0.1, 0.15) is 24.8 Å². The van der Waals surface area contributed by atoms with Crippen molar-refractivity contribution in [3.63, 3.8) is 0 Å². The molecule has 1 aromatic carbocycles. The summed E-state index contributed by atoms with van der Waals surface area (Å²) in [5.41, 5.74) is -1.58. The molecule has 2 rings (SSSR count). The van der Waals surface area contributed by atoms with E-state index in [-0.39, 0.29) is 17.8 Å². The summed E-state index contributed by atoms with van der Waals surface area (Å²) in [5.74, 6) is -14.3. The highest BCUT2D eigenvalue weighted by atomic mass is 19.2. The monoisotopic (exact) mass is 362 g/mol. The number of esters is 2. The number of hydrogen-bond donors (Lipinski definition) is 0. The minimum absolute atomic E-state index is 0.101. The Kier molecular flexibility index (Phi) is 5.24. The first-order valence-electron chi connectivity index (χ1n) is 6.87. The lowest BCUT2D eigenvalue weighted by atomic mass is 9.85. The number of allylic oxidation sites excluding steroid dienone is 2. The minimum atomic E-state index is -2.32. The smallest absolute Gasteiger partial charge is 0.334 e. The van der Waals surface area contributed by atoms with Gasteiger partial charge in [-0.25, -0.2) is 26.7 Å². The molecule has 0 N–H and O–H groups in total. The summed E-state index contributed by atoms with van der Waals surface area (Å²) in [6.45, 7) is 1.06. The van der Waals surface area contributed by atoms with Crippen LogP contribution in [0.15, 0.2) is 23.5 Å². The summed E-state index contributed by atoms with van der Waals surface area (Å²) < 4.78 is 77.6. The Morgan fingerprint density at radius 1 is 1.00 bits per heavy atom. The third-order valence-electron chi connectivity index (χ3n) is 3.46. The first kappa shape index (κ1) is 18.6. The lowest BCUT2D eigenvalue weighted by Crippen LogP contribution is -2.20. The maximum absolute atomic E-state index is 14.1. The lowest BCUT2D eigenvalue weighted by molar-refractivity contribution is -0.137. The zero-order valence-corrected chi connectivity index (χ0v) is 13.0. The molecule has 1 unspecified atom stereocenters. The van der Waals surface area contributed by atoms with E-state index in [1.54, 1.807) is 0 Å². The van der Waals surface area contributed by atoms with E-state index in [2.05, 4.69) is 4.74 Å². The standard InChI is InChI=1S/C16H11F5O4/c1-6(22)25-7-3-4-8(16(23)24-2)9(5-7)10-11(17)13(19)15(21)14(20)12(10)18/h4-5,9H,3H2,1-2H3. The van der Waals surface area contributed by atoms with Crippen LogP contribution in [-0.4, -0.2) is 19.0 Å². The number of methoxy groups -OCH3 is 1. The third-order valence-corrected chi connectivity index (χ3v) is 3.46. The summed E-state index contributed by atoms with van der Waals surface area (Å²) in [7, 11) is 0.990. The van der Waals surface area contributed by atoms with Gasteiger partial charge in [-0.3, -0.25) is 4.79 Å². The van der Waals surface area contributed by atoms with Crippen molar-refractivity contribution in [3.05, 3.63) is 58.1 Å². The van der Waals surface area contributed by atoms with Crippen LogP contribution in [-0.2, 0) is 19.1 Å². The second kappa shape index (κ2) is 7.04. The Morgan fingerprint density at radius 2 is 1.52 bits per heavy atom. The van der Waals surface area contributed by atoms with Gasteiger partial charge in [0.2, 0.25) is 5.82 Å². The molecule has 1 aliphatic rings. The van der Waals surface area contributed by atoms with Crippen LogP contribution < -0.4 is 0 Å². The zero-order valence-electron chi connectivity index (χ0n) is 13.0. The summed E-state index contributed by atoms with van der Waals surface area (Å²) in [5, 5.41) is 0. The van der Waals surface area contributed by atoms with Crippen LogP contribution in [0.25, 0.3) is 0 Å². The molecular formula is C16H11F5O4. The fourth-order valence-corrected chi connectivity index (χ4v) is 2.40. The molecule has 0 radical (unpaired) electrons. The zero-order chi connectivity index (χ0) is 18.9. The van der Waals surface area contributed by atoms with Crippen molar-refractivity contribution in [2.75, 3.05) is 7.11 Å². The lowest BCUT2D eigenvalue weighted by Gasteiger charge is -2.23. The average molecular weight is 362 g/mol. The van der Waals surface area contributed by atoms with Gasteiger partial charge in [0, 0.05) is 30.4 Å².